The third-order valence-electron chi connectivity index (χ3n) is 3.53. The molecule has 0 saturated carbocycles. The summed E-state index contributed by atoms with van der Waals surface area (Å²) < 4.78 is 0. The second kappa shape index (κ2) is 4.77. The monoisotopic (exact) mass is 247 g/mol. The molecule has 1 heteroatoms. The molecule has 0 amide bonds. The zero-order valence-electron chi connectivity index (χ0n) is 11.1. The predicted octanol–water partition coefficient (Wildman–Crippen LogP) is 4.93. The van der Waals surface area contributed by atoms with Crippen LogP contribution >= 0.6 is 0 Å². The van der Waals surface area contributed by atoms with Gasteiger partial charge in [0.05, 0.1) is 0 Å². The molecule has 1 nitrogen and oxygen atoms in total. The van der Waals surface area contributed by atoms with E-state index in [-0.39, 0.29) is 0 Å². The highest BCUT2D eigenvalue weighted by molar-refractivity contribution is 5.90. The Morgan fingerprint density at radius 2 is 1.63 bits per heavy atom. The van der Waals surface area contributed by atoms with Gasteiger partial charge in [0, 0.05) is 22.6 Å². The first-order valence-corrected chi connectivity index (χ1v) is 6.65. The predicted molar refractivity (Wildman–Crippen MR) is 82.7 cm³/mol. The fraction of sp³-hybridized carbons (Fsp3) is 0.111. The van der Waals surface area contributed by atoms with E-state index in [0.29, 0.717) is 0 Å². The van der Waals surface area contributed by atoms with Crippen LogP contribution in [0.3, 0.4) is 0 Å². The summed E-state index contributed by atoms with van der Waals surface area (Å²) in [5.41, 5.74) is 5.99. The van der Waals surface area contributed by atoms with E-state index in [1.807, 2.05) is 6.07 Å². The normalized spacial score (nSPS) is 14.1. The Morgan fingerprint density at radius 1 is 0.947 bits per heavy atom. The topological polar surface area (TPSA) is 3.24 Å². The summed E-state index contributed by atoms with van der Waals surface area (Å²) in [4.78, 5) is 2.25. The molecule has 0 radical (unpaired) electrons. The minimum absolute atomic E-state index is 0.988. The van der Waals surface area contributed by atoms with Gasteiger partial charge in [-0.1, -0.05) is 56.0 Å². The summed E-state index contributed by atoms with van der Waals surface area (Å²) in [5, 5.41) is 0. The van der Waals surface area contributed by atoms with Crippen LogP contribution in [0.1, 0.15) is 24.5 Å². The van der Waals surface area contributed by atoms with Gasteiger partial charge in [-0.2, -0.15) is 0 Å². The lowest BCUT2D eigenvalue weighted by atomic mass is 9.97. The van der Waals surface area contributed by atoms with Gasteiger partial charge in [-0.05, 0) is 30.2 Å². The molecule has 3 rings (SSSR count). The van der Waals surface area contributed by atoms with E-state index in [1.165, 1.54) is 22.5 Å². The van der Waals surface area contributed by atoms with E-state index >= 15 is 0 Å². The van der Waals surface area contributed by atoms with Crippen molar-refractivity contribution in [3.63, 3.8) is 0 Å². The van der Waals surface area contributed by atoms with E-state index in [2.05, 4.69) is 73.0 Å². The van der Waals surface area contributed by atoms with Gasteiger partial charge < -0.3 is 4.90 Å². The molecule has 1 heterocycles. The van der Waals surface area contributed by atoms with Gasteiger partial charge in [-0.15, -0.1) is 0 Å². The van der Waals surface area contributed by atoms with E-state index in [4.69, 9.17) is 0 Å². The van der Waals surface area contributed by atoms with Crippen LogP contribution in [0.2, 0.25) is 0 Å². The summed E-state index contributed by atoms with van der Waals surface area (Å²) in [5.74, 6) is 0. The fourth-order valence-corrected chi connectivity index (χ4v) is 2.58. The Hall–Kier alpha value is -2.28. The molecule has 2 aromatic rings. The van der Waals surface area contributed by atoms with Gasteiger partial charge in [0.25, 0.3) is 0 Å². The molecule has 0 aliphatic carbocycles. The van der Waals surface area contributed by atoms with Crippen molar-refractivity contribution in [1.29, 1.82) is 0 Å². The zero-order chi connectivity index (χ0) is 13.2. The quantitative estimate of drug-likeness (QED) is 0.727. The van der Waals surface area contributed by atoms with Gasteiger partial charge in [0.2, 0.25) is 0 Å². The summed E-state index contributed by atoms with van der Waals surface area (Å²) >= 11 is 0. The van der Waals surface area contributed by atoms with Crippen molar-refractivity contribution in [3.8, 4) is 0 Å². The third kappa shape index (κ3) is 1.97. The third-order valence-corrected chi connectivity index (χ3v) is 3.53. The summed E-state index contributed by atoms with van der Waals surface area (Å²) in [7, 11) is 0. The van der Waals surface area contributed by atoms with Crippen LogP contribution in [0.25, 0.3) is 11.8 Å². The van der Waals surface area contributed by atoms with Gasteiger partial charge in [-0.25, -0.2) is 0 Å². The van der Waals surface area contributed by atoms with Crippen LogP contribution in [0.15, 0.2) is 66.9 Å². The van der Waals surface area contributed by atoms with Crippen molar-refractivity contribution in [2.45, 2.75) is 13.3 Å². The van der Waals surface area contributed by atoms with Gasteiger partial charge >= 0.3 is 0 Å². The highest BCUT2D eigenvalue weighted by Gasteiger charge is 2.21. The number of rotatable bonds is 2. The Labute approximate surface area is 114 Å². The standard InChI is InChI=1S/C18H17N/c1-3-16-13-15-9-7-8-12-18(15)14(2)19(16)17-10-5-4-6-11-17/h4-13H,2-3H2,1H3. The lowest BCUT2D eigenvalue weighted by Crippen LogP contribution is -2.23. The SMILES string of the molecule is C=C1c2ccccc2C=C(CC)N1c1ccccc1. The average molecular weight is 247 g/mol. The van der Waals surface area contributed by atoms with Crippen molar-refractivity contribution in [1.82, 2.24) is 0 Å². The molecule has 1 aliphatic heterocycles. The molecular formula is C18H17N. The minimum atomic E-state index is 0.988. The van der Waals surface area contributed by atoms with Crippen molar-refractivity contribution in [2.24, 2.45) is 0 Å². The number of anilines is 1. The van der Waals surface area contributed by atoms with Crippen LogP contribution in [0.5, 0.6) is 0 Å². The van der Waals surface area contributed by atoms with E-state index in [9.17, 15) is 0 Å². The molecule has 19 heavy (non-hydrogen) atoms. The second-order valence-corrected chi connectivity index (χ2v) is 4.69. The van der Waals surface area contributed by atoms with Crippen molar-refractivity contribution >= 4 is 17.5 Å². The lowest BCUT2D eigenvalue weighted by molar-refractivity contribution is 1.02. The molecule has 0 saturated heterocycles. The van der Waals surface area contributed by atoms with Crippen molar-refractivity contribution in [3.05, 3.63) is 78.0 Å². The number of para-hydroxylation sites is 1. The van der Waals surface area contributed by atoms with Crippen molar-refractivity contribution < 1.29 is 0 Å². The first-order valence-electron chi connectivity index (χ1n) is 6.65. The summed E-state index contributed by atoms with van der Waals surface area (Å²) in [6.45, 7) is 6.48. The number of nitrogens with zero attached hydrogens (tertiary/aromatic N) is 1. The first-order chi connectivity index (χ1) is 9.31. The Bertz CT molecular complexity index is 638. The van der Waals surface area contributed by atoms with E-state index < -0.39 is 0 Å². The number of hydrogen-bond acceptors (Lipinski definition) is 1. The van der Waals surface area contributed by atoms with E-state index in [0.717, 1.165) is 12.1 Å². The molecule has 0 spiro atoms. The van der Waals surface area contributed by atoms with Gasteiger partial charge in [0.15, 0.2) is 0 Å². The van der Waals surface area contributed by atoms with Crippen LogP contribution in [0, 0.1) is 0 Å². The largest absolute Gasteiger partial charge is 0.314 e. The number of benzene rings is 2. The lowest BCUT2D eigenvalue weighted by Gasteiger charge is -2.33. The minimum Gasteiger partial charge on any atom is -0.314 e. The van der Waals surface area contributed by atoms with Gasteiger partial charge in [-0.3, -0.25) is 0 Å². The maximum Gasteiger partial charge on any atom is 0.0465 e. The number of allylic oxidation sites excluding steroid dienone is 1. The van der Waals surface area contributed by atoms with Crippen LogP contribution in [-0.2, 0) is 0 Å². The maximum atomic E-state index is 4.30. The zero-order valence-corrected chi connectivity index (χ0v) is 11.1. The summed E-state index contributed by atoms with van der Waals surface area (Å²) in [6, 6.07) is 18.9. The number of fused-ring (bicyclic) bond motifs is 1. The molecule has 0 unspecified atom stereocenters. The first kappa shape index (κ1) is 11.8. The Balaban J connectivity index is 2.15. The Kier molecular flexibility index (Phi) is 2.96. The van der Waals surface area contributed by atoms with Crippen LogP contribution < -0.4 is 4.90 Å². The fourth-order valence-electron chi connectivity index (χ4n) is 2.58. The Morgan fingerprint density at radius 3 is 2.37 bits per heavy atom. The molecule has 94 valence electrons. The molecule has 0 N–H and O–H groups in total. The molecule has 2 aromatic carbocycles. The smallest absolute Gasteiger partial charge is 0.0465 e. The molecule has 0 atom stereocenters. The molecule has 0 aromatic heterocycles. The molecular weight excluding hydrogens is 230 g/mol. The highest BCUT2D eigenvalue weighted by atomic mass is 15.2. The maximum absolute atomic E-state index is 4.30. The second-order valence-electron chi connectivity index (χ2n) is 4.69. The van der Waals surface area contributed by atoms with Crippen LogP contribution in [-0.4, -0.2) is 0 Å². The molecule has 1 aliphatic rings. The summed E-state index contributed by atoms with van der Waals surface area (Å²) in [6.07, 6.45) is 3.25. The number of hydrogen-bond donors (Lipinski definition) is 0. The average Bonchev–Trinajstić information content (AvgIpc) is 2.48. The van der Waals surface area contributed by atoms with Gasteiger partial charge in [0.1, 0.15) is 0 Å². The van der Waals surface area contributed by atoms with Crippen molar-refractivity contribution in [2.75, 3.05) is 4.90 Å². The molecule has 0 fully saturated rings. The molecule has 0 bridgehead atoms. The van der Waals surface area contributed by atoms with E-state index in [1.54, 1.807) is 0 Å². The highest BCUT2D eigenvalue weighted by Crippen LogP contribution is 2.37. The van der Waals surface area contributed by atoms with Crippen LogP contribution in [0.4, 0.5) is 5.69 Å².